The number of hydrogen-bond donors (Lipinski definition) is 2. The minimum absolute atomic E-state index is 0.00722. The van der Waals surface area contributed by atoms with Crippen LogP contribution in [0.5, 0.6) is 0 Å². The first-order chi connectivity index (χ1) is 6.13. The SMILES string of the molecule is CSCc1nc(C(N)=O)cc(=O)[nH]1. The van der Waals surface area contributed by atoms with E-state index in [1.165, 1.54) is 11.8 Å². The van der Waals surface area contributed by atoms with Gasteiger partial charge in [-0.25, -0.2) is 4.98 Å². The quantitative estimate of drug-likeness (QED) is 0.701. The summed E-state index contributed by atoms with van der Waals surface area (Å²) in [6, 6.07) is 1.09. The van der Waals surface area contributed by atoms with E-state index in [0.29, 0.717) is 11.6 Å². The number of aromatic amines is 1. The lowest BCUT2D eigenvalue weighted by molar-refractivity contribution is 0.0995. The zero-order valence-electron chi connectivity index (χ0n) is 7.03. The van der Waals surface area contributed by atoms with Gasteiger partial charge in [0.25, 0.3) is 11.5 Å². The normalized spacial score (nSPS) is 9.92. The molecule has 0 radical (unpaired) electrons. The van der Waals surface area contributed by atoms with Gasteiger partial charge in [0.1, 0.15) is 11.5 Å². The fraction of sp³-hybridized carbons (Fsp3) is 0.286. The van der Waals surface area contributed by atoms with Crippen LogP contribution >= 0.6 is 11.8 Å². The van der Waals surface area contributed by atoms with Crippen LogP contribution in [0.15, 0.2) is 10.9 Å². The Hall–Kier alpha value is -1.30. The molecular formula is C7H9N3O2S. The maximum atomic E-state index is 11.0. The lowest BCUT2D eigenvalue weighted by atomic mass is 10.4. The molecule has 0 spiro atoms. The molecule has 3 N–H and O–H groups in total. The zero-order valence-corrected chi connectivity index (χ0v) is 7.85. The van der Waals surface area contributed by atoms with Gasteiger partial charge in [0, 0.05) is 6.07 Å². The number of nitrogens with zero attached hydrogens (tertiary/aromatic N) is 1. The number of hydrogen-bond acceptors (Lipinski definition) is 4. The van der Waals surface area contributed by atoms with Crippen molar-refractivity contribution in [3.63, 3.8) is 0 Å². The summed E-state index contributed by atoms with van der Waals surface area (Å²) >= 11 is 1.50. The van der Waals surface area contributed by atoms with Gasteiger partial charge in [-0.3, -0.25) is 9.59 Å². The molecule has 1 aromatic heterocycles. The molecule has 0 fully saturated rings. The summed E-state index contributed by atoms with van der Waals surface area (Å²) in [5.41, 5.74) is 4.64. The number of carbonyl (C=O) groups excluding carboxylic acids is 1. The van der Waals surface area contributed by atoms with E-state index in [0.717, 1.165) is 6.07 Å². The zero-order chi connectivity index (χ0) is 9.84. The van der Waals surface area contributed by atoms with Crippen molar-refractivity contribution >= 4 is 17.7 Å². The van der Waals surface area contributed by atoms with Gasteiger partial charge in [-0.05, 0) is 6.26 Å². The Labute approximate surface area is 78.8 Å². The van der Waals surface area contributed by atoms with Gasteiger partial charge in [-0.2, -0.15) is 11.8 Å². The summed E-state index contributed by atoms with van der Waals surface area (Å²) in [6.45, 7) is 0. The Bertz CT molecular complexity index is 374. The van der Waals surface area contributed by atoms with E-state index in [1.807, 2.05) is 6.26 Å². The van der Waals surface area contributed by atoms with E-state index in [4.69, 9.17) is 5.73 Å². The lowest BCUT2D eigenvalue weighted by Gasteiger charge is -1.98. The van der Waals surface area contributed by atoms with Gasteiger partial charge in [0.2, 0.25) is 0 Å². The largest absolute Gasteiger partial charge is 0.364 e. The molecule has 0 saturated carbocycles. The monoisotopic (exact) mass is 199 g/mol. The molecule has 5 nitrogen and oxygen atoms in total. The Morgan fingerprint density at radius 1 is 1.77 bits per heavy atom. The van der Waals surface area contributed by atoms with Crippen molar-refractivity contribution in [2.45, 2.75) is 5.75 Å². The Balaban J connectivity index is 3.11. The number of nitrogens with two attached hydrogens (primary N) is 1. The van der Waals surface area contributed by atoms with Crippen molar-refractivity contribution in [1.82, 2.24) is 9.97 Å². The van der Waals surface area contributed by atoms with E-state index in [-0.39, 0.29) is 11.3 Å². The van der Waals surface area contributed by atoms with Gasteiger partial charge in [-0.15, -0.1) is 0 Å². The second-order valence-corrected chi connectivity index (χ2v) is 3.24. The van der Waals surface area contributed by atoms with Crippen LogP contribution in [0.25, 0.3) is 0 Å². The number of amides is 1. The average Bonchev–Trinajstić information content (AvgIpc) is 2.03. The van der Waals surface area contributed by atoms with Crippen LogP contribution in [0.2, 0.25) is 0 Å². The number of thioether (sulfide) groups is 1. The van der Waals surface area contributed by atoms with Crippen molar-refractivity contribution in [3.05, 3.63) is 27.9 Å². The number of carbonyl (C=O) groups is 1. The number of rotatable bonds is 3. The Morgan fingerprint density at radius 2 is 2.46 bits per heavy atom. The molecule has 13 heavy (non-hydrogen) atoms. The predicted molar refractivity (Wildman–Crippen MR) is 50.6 cm³/mol. The van der Waals surface area contributed by atoms with Gasteiger partial charge in [-0.1, -0.05) is 0 Å². The van der Waals surface area contributed by atoms with Crippen LogP contribution in [0.1, 0.15) is 16.3 Å². The molecule has 6 heteroatoms. The van der Waals surface area contributed by atoms with E-state index in [1.54, 1.807) is 0 Å². The van der Waals surface area contributed by atoms with Crippen molar-refractivity contribution < 1.29 is 4.79 Å². The molecule has 0 aliphatic carbocycles. The predicted octanol–water partition coefficient (Wildman–Crippen LogP) is -0.268. The second-order valence-electron chi connectivity index (χ2n) is 2.37. The average molecular weight is 199 g/mol. The molecule has 70 valence electrons. The standard InChI is InChI=1S/C7H9N3O2S/c1-13-3-5-9-4(7(8)12)2-6(11)10-5/h2H,3H2,1H3,(H2,8,12)(H,9,10,11). The smallest absolute Gasteiger partial charge is 0.267 e. The minimum Gasteiger partial charge on any atom is -0.364 e. The molecule has 1 aromatic rings. The van der Waals surface area contributed by atoms with Crippen LogP contribution in [-0.2, 0) is 5.75 Å². The number of primary amides is 1. The van der Waals surface area contributed by atoms with Gasteiger partial charge in [0.05, 0.1) is 5.75 Å². The summed E-state index contributed by atoms with van der Waals surface area (Å²) in [7, 11) is 0. The Morgan fingerprint density at radius 3 is 3.00 bits per heavy atom. The van der Waals surface area contributed by atoms with Crippen molar-refractivity contribution in [3.8, 4) is 0 Å². The highest BCUT2D eigenvalue weighted by Crippen LogP contribution is 2.01. The minimum atomic E-state index is -0.687. The van der Waals surface area contributed by atoms with Gasteiger partial charge in [0.15, 0.2) is 0 Å². The molecule has 1 rings (SSSR count). The summed E-state index contributed by atoms with van der Waals surface area (Å²) in [5, 5.41) is 0. The van der Waals surface area contributed by atoms with Crippen LogP contribution in [0.3, 0.4) is 0 Å². The molecule has 0 aromatic carbocycles. The molecule has 0 saturated heterocycles. The van der Waals surface area contributed by atoms with Crippen molar-refractivity contribution in [2.24, 2.45) is 5.73 Å². The van der Waals surface area contributed by atoms with Crippen molar-refractivity contribution in [1.29, 1.82) is 0 Å². The third kappa shape index (κ3) is 2.59. The van der Waals surface area contributed by atoms with Crippen molar-refractivity contribution in [2.75, 3.05) is 6.26 Å². The fourth-order valence-electron chi connectivity index (χ4n) is 0.839. The molecule has 1 heterocycles. The van der Waals surface area contributed by atoms with Crippen LogP contribution in [0, 0.1) is 0 Å². The van der Waals surface area contributed by atoms with E-state index >= 15 is 0 Å². The summed E-state index contributed by atoms with van der Waals surface area (Å²) < 4.78 is 0. The molecule has 1 amide bonds. The maximum Gasteiger partial charge on any atom is 0.267 e. The number of aromatic nitrogens is 2. The molecular weight excluding hydrogens is 190 g/mol. The third-order valence-electron chi connectivity index (χ3n) is 1.32. The molecule has 0 bridgehead atoms. The molecule has 0 atom stereocenters. The second kappa shape index (κ2) is 4.08. The first-order valence-electron chi connectivity index (χ1n) is 3.52. The highest BCUT2D eigenvalue weighted by molar-refractivity contribution is 7.97. The first kappa shape index (κ1) is 9.79. The van der Waals surface area contributed by atoms with Crippen LogP contribution in [-0.4, -0.2) is 22.1 Å². The van der Waals surface area contributed by atoms with E-state index in [2.05, 4.69) is 9.97 Å². The summed E-state index contributed by atoms with van der Waals surface area (Å²) in [5.74, 6) is 0.332. The highest BCUT2D eigenvalue weighted by Gasteiger charge is 2.05. The Kier molecular flexibility index (Phi) is 3.07. The molecule has 0 unspecified atom stereocenters. The third-order valence-corrected chi connectivity index (χ3v) is 1.89. The lowest BCUT2D eigenvalue weighted by Crippen LogP contribution is -2.20. The van der Waals surface area contributed by atoms with Crippen LogP contribution < -0.4 is 11.3 Å². The van der Waals surface area contributed by atoms with E-state index < -0.39 is 5.91 Å². The maximum absolute atomic E-state index is 11.0. The summed E-state index contributed by atoms with van der Waals surface area (Å²) in [4.78, 5) is 28.1. The van der Waals surface area contributed by atoms with E-state index in [9.17, 15) is 9.59 Å². The first-order valence-corrected chi connectivity index (χ1v) is 4.92. The van der Waals surface area contributed by atoms with Crippen LogP contribution in [0.4, 0.5) is 0 Å². The molecule has 0 aliphatic rings. The highest BCUT2D eigenvalue weighted by atomic mass is 32.2. The van der Waals surface area contributed by atoms with Gasteiger partial charge >= 0.3 is 0 Å². The fourth-order valence-corrected chi connectivity index (χ4v) is 1.25. The topological polar surface area (TPSA) is 88.8 Å². The summed E-state index contributed by atoms with van der Waals surface area (Å²) in [6.07, 6.45) is 1.87. The number of H-pyrrole nitrogens is 1. The number of nitrogens with one attached hydrogen (secondary N) is 1. The van der Waals surface area contributed by atoms with Gasteiger partial charge < -0.3 is 10.7 Å². The molecule has 0 aliphatic heterocycles.